The fourth-order valence-electron chi connectivity index (χ4n) is 0. The van der Waals surface area contributed by atoms with Crippen LogP contribution >= 0.6 is 31.6 Å². The van der Waals surface area contributed by atoms with Crippen molar-refractivity contribution in [3.05, 3.63) is 0 Å². The van der Waals surface area contributed by atoms with Crippen molar-refractivity contribution in [2.24, 2.45) is 0 Å². The minimum atomic E-state index is -5.64. The molecule has 28 heavy (non-hydrogen) atoms. The van der Waals surface area contributed by atoms with Crippen LogP contribution in [0.15, 0.2) is 0 Å². The molecule has 0 aliphatic rings. The molecule has 0 aliphatic carbocycles. The van der Waals surface area contributed by atoms with Crippen LogP contribution in [-0.4, -0.2) is 0 Å². The number of hydrogen-bond donors (Lipinski definition) is 0. The van der Waals surface area contributed by atoms with Crippen molar-refractivity contribution < 1.29 is 540 Å². The first-order valence-electron chi connectivity index (χ1n) is 2.87. The average molecular weight is 1080 g/mol. The quantitative estimate of drug-likeness (QED) is 0.162. The van der Waals surface area contributed by atoms with E-state index in [4.69, 9.17) is 57.4 Å². The van der Waals surface area contributed by atoms with E-state index < -0.39 is 31.6 Å². The third kappa shape index (κ3) is 296. The Labute approximate surface area is 549 Å². The first kappa shape index (κ1) is 78.8. The fourth-order valence-corrected chi connectivity index (χ4v) is 0. The normalized spacial score (nSPS) is 8.43. The van der Waals surface area contributed by atoms with Crippen molar-refractivity contribution in [2.75, 3.05) is 0 Å². The summed E-state index contributed by atoms with van der Waals surface area (Å²) in [5.74, 6) is 0. The molecule has 0 fully saturated rings. The minimum absolute atomic E-state index is 0. The van der Waals surface area contributed by atoms with Gasteiger partial charge in [0.25, 0.3) is 0 Å². The molecule has 0 aromatic heterocycles. The zero-order valence-electron chi connectivity index (χ0n) is 16.2. The molecular weight excluding hydrogens is 1080 g/mol. The molecule has 128 valence electrons. The van der Waals surface area contributed by atoms with E-state index in [1.807, 2.05) is 0 Å². The Kier molecular flexibility index (Phi) is 130. The molecule has 0 atom stereocenters. The predicted octanol–water partition coefficient (Wildman–Crippen LogP) is -28.8. The maximum Gasteiger partial charge on any atom is 1.00 e. The van der Waals surface area contributed by atoms with Gasteiger partial charge in [-0.25, -0.2) is 16.8 Å². The van der Waals surface area contributed by atoms with E-state index in [2.05, 4.69) is 0 Å². The molecule has 0 amide bonds. The van der Waals surface area contributed by atoms with E-state index >= 15 is 0 Å². The summed E-state index contributed by atoms with van der Waals surface area (Å²) in [6.45, 7) is 0. The van der Waals surface area contributed by atoms with Crippen LogP contribution < -0.4 is 505 Å². The summed E-state index contributed by atoms with van der Waals surface area (Å²) in [6, 6.07) is 0. The Balaban J connectivity index is -0.0000000111. The van der Waals surface area contributed by atoms with Gasteiger partial charge in [0, 0.05) is 0 Å². The third-order valence-electron chi connectivity index (χ3n) is 0. The average Bonchev–Trinajstić information content (AvgIpc) is 1.62. The molecule has 0 radical (unpaired) electrons. The molecule has 0 saturated carbocycles. The maximum atomic E-state index is 10.1. The van der Waals surface area contributed by atoms with Crippen LogP contribution in [-0.2, 0) is 18.3 Å². The van der Waals surface area contributed by atoms with Crippen LogP contribution in [0.1, 0.15) is 0 Å². The first-order valence-corrected chi connectivity index (χ1v) is 8.60. The molecule has 0 spiro atoms. The number of halogens is 4. The van der Waals surface area contributed by atoms with Crippen LogP contribution in [0.4, 0.5) is 16.8 Å². The Morgan fingerprint density at radius 3 is 0.321 bits per heavy atom. The smallest absolute Gasteiger partial charge is 0.786 e. The monoisotopic (exact) mass is 1070 g/mol. The zero-order chi connectivity index (χ0) is 18.0. The van der Waals surface area contributed by atoms with Gasteiger partial charge >= 0.3 is 465 Å². The molecule has 0 N–H and O–H groups in total. The van der Waals surface area contributed by atoms with Crippen molar-refractivity contribution in [2.45, 2.75) is 0 Å². The topological polar surface area (TPSA) is 253 Å². The van der Waals surface area contributed by atoms with Crippen LogP contribution in [0.5, 0.6) is 0 Å². The fraction of sp³-hybridized carbons (Fsp3) is 0. The van der Waals surface area contributed by atoms with Gasteiger partial charge in [-0.05, 0) is 0 Å². The Bertz CT molecular complexity index is 316. The van der Waals surface area contributed by atoms with Gasteiger partial charge in [-0.3, -0.25) is 0 Å². The van der Waals surface area contributed by atoms with E-state index in [-0.39, 0.29) is 465 Å². The summed E-state index contributed by atoms with van der Waals surface area (Å²) in [5.41, 5.74) is 0. The Morgan fingerprint density at radius 1 is 0.321 bits per heavy atom. The minimum Gasteiger partial charge on any atom is -0.786 e. The summed E-state index contributed by atoms with van der Waals surface area (Å²) in [6.07, 6.45) is 0. The SMILES string of the molecule is O=P([O-])([O-])F.O=P([O-])([O-])F.O=P([O-])([O-])F.O=P([O-])([O-])F.[Rb+].[Rb+].[Rb+].[Rb+].[Rb+].[Rb+].[Rb+].[Rb+]. The molecular formula is F4O12P4Rb8. The predicted molar refractivity (Wildman–Crippen MR) is 34.9 cm³/mol. The van der Waals surface area contributed by atoms with Crippen molar-refractivity contribution >= 4 is 31.6 Å². The zero-order valence-corrected chi connectivity index (χ0v) is 59.1. The molecule has 12 nitrogen and oxygen atoms in total. The first-order chi connectivity index (χ1) is 8.00. The largest absolute Gasteiger partial charge is 1.00 e. The number of rotatable bonds is 0. The van der Waals surface area contributed by atoms with E-state index in [0.717, 1.165) is 0 Å². The third-order valence-corrected chi connectivity index (χ3v) is 0. The second-order valence-corrected chi connectivity index (χ2v) is 5.17. The van der Waals surface area contributed by atoms with Gasteiger partial charge in [0.2, 0.25) is 0 Å². The van der Waals surface area contributed by atoms with E-state index in [1.54, 1.807) is 0 Å². The second kappa shape index (κ2) is 46.2. The van der Waals surface area contributed by atoms with E-state index in [9.17, 15) is 16.8 Å². The van der Waals surface area contributed by atoms with Crippen LogP contribution in [0, 0.1) is 0 Å². The van der Waals surface area contributed by atoms with Crippen molar-refractivity contribution in [1.29, 1.82) is 0 Å². The number of hydrogen-bond acceptors (Lipinski definition) is 12. The maximum absolute atomic E-state index is 10.1. The van der Waals surface area contributed by atoms with Crippen LogP contribution in [0.25, 0.3) is 0 Å². The van der Waals surface area contributed by atoms with Gasteiger partial charge in [-0.1, -0.05) is 0 Å². The summed E-state index contributed by atoms with van der Waals surface area (Å²) in [5, 5.41) is 0. The summed E-state index contributed by atoms with van der Waals surface area (Å²) >= 11 is 0. The Morgan fingerprint density at radius 2 is 0.321 bits per heavy atom. The van der Waals surface area contributed by atoms with Crippen molar-refractivity contribution in [3.8, 4) is 0 Å². The summed E-state index contributed by atoms with van der Waals surface area (Å²) in [7, 11) is -22.6. The van der Waals surface area contributed by atoms with Crippen LogP contribution in [0.2, 0.25) is 0 Å². The molecule has 0 rings (SSSR count). The van der Waals surface area contributed by atoms with Crippen molar-refractivity contribution in [1.82, 2.24) is 0 Å². The molecule has 0 unspecified atom stereocenters. The molecule has 28 heteroatoms. The van der Waals surface area contributed by atoms with Gasteiger partial charge in [0.05, 0.1) is 0 Å². The van der Waals surface area contributed by atoms with Gasteiger partial charge in [-0.15, -0.1) is 0 Å². The van der Waals surface area contributed by atoms with E-state index in [1.165, 1.54) is 0 Å². The molecule has 0 heterocycles. The molecule has 0 bridgehead atoms. The molecule has 0 aromatic carbocycles. The molecule has 0 saturated heterocycles. The van der Waals surface area contributed by atoms with Crippen LogP contribution in [0.3, 0.4) is 0 Å². The van der Waals surface area contributed by atoms with Gasteiger partial charge in [0.1, 0.15) is 31.6 Å². The second-order valence-electron chi connectivity index (χ2n) is 1.72. The Hall–Kier alpha value is 14.8. The molecule has 0 aliphatic heterocycles. The van der Waals surface area contributed by atoms with Gasteiger partial charge in [0.15, 0.2) is 0 Å². The standard InChI is InChI=1S/4FH2O3P.8Rb/c4*1-5(2,3)4;;;;;;;;/h4*(H2,2,3,4);;;;;;;;/q;;;;8*+1/p-8. The van der Waals surface area contributed by atoms with Crippen molar-refractivity contribution in [3.63, 3.8) is 0 Å². The summed E-state index contributed by atoms with van der Waals surface area (Å²) < 4.78 is 74.3. The molecule has 0 aromatic rings. The van der Waals surface area contributed by atoms with Gasteiger partial charge < -0.3 is 57.4 Å². The van der Waals surface area contributed by atoms with E-state index in [0.29, 0.717) is 0 Å². The summed E-state index contributed by atoms with van der Waals surface area (Å²) in [4.78, 5) is 67.5. The van der Waals surface area contributed by atoms with Gasteiger partial charge in [-0.2, -0.15) is 0 Å².